The van der Waals surface area contributed by atoms with Crippen LogP contribution in [0.25, 0.3) is 0 Å². The molecule has 2 rings (SSSR count). The Labute approximate surface area is 95.8 Å². The van der Waals surface area contributed by atoms with Crippen LogP contribution in [0.1, 0.15) is 17.3 Å². The number of halogens is 1. The monoisotopic (exact) mass is 273 g/mol. The largest absolute Gasteiger partial charge is 0.386 e. The number of nitrogens with zero attached hydrogens (tertiary/aromatic N) is 3. The molecule has 0 atom stereocenters. The van der Waals surface area contributed by atoms with E-state index in [-0.39, 0.29) is 5.91 Å². The maximum Gasteiger partial charge on any atom is 0.258 e. The SMILES string of the molecule is Cn1ncc(C(=O)N2CC(C)(O)C2)c1Br. The zero-order valence-corrected chi connectivity index (χ0v) is 10.2. The van der Waals surface area contributed by atoms with Gasteiger partial charge in [0.25, 0.3) is 5.91 Å². The highest BCUT2D eigenvalue weighted by atomic mass is 79.9. The van der Waals surface area contributed by atoms with E-state index in [1.807, 2.05) is 0 Å². The van der Waals surface area contributed by atoms with Crippen molar-refractivity contribution in [3.63, 3.8) is 0 Å². The molecular formula is C9H12BrN3O2. The molecule has 1 aliphatic heterocycles. The topological polar surface area (TPSA) is 58.4 Å². The molecule has 15 heavy (non-hydrogen) atoms. The van der Waals surface area contributed by atoms with E-state index in [2.05, 4.69) is 21.0 Å². The van der Waals surface area contributed by atoms with Crippen LogP contribution in [0.2, 0.25) is 0 Å². The Bertz CT molecular complexity index is 405. The molecule has 82 valence electrons. The molecule has 0 bridgehead atoms. The third-order valence-corrected chi connectivity index (χ3v) is 3.39. The highest BCUT2D eigenvalue weighted by Gasteiger charge is 2.40. The van der Waals surface area contributed by atoms with Crippen molar-refractivity contribution in [3.05, 3.63) is 16.4 Å². The number of rotatable bonds is 1. The Morgan fingerprint density at radius 2 is 2.27 bits per heavy atom. The molecule has 0 saturated carbocycles. The normalized spacial score (nSPS) is 18.8. The van der Waals surface area contributed by atoms with Gasteiger partial charge in [0.1, 0.15) is 4.60 Å². The molecule has 1 aliphatic rings. The molecular weight excluding hydrogens is 262 g/mol. The summed E-state index contributed by atoms with van der Waals surface area (Å²) in [7, 11) is 1.76. The molecule has 5 nitrogen and oxygen atoms in total. The first-order chi connectivity index (χ1) is 6.91. The van der Waals surface area contributed by atoms with E-state index in [0.717, 1.165) is 0 Å². The van der Waals surface area contributed by atoms with E-state index < -0.39 is 5.60 Å². The third kappa shape index (κ3) is 1.79. The first-order valence-corrected chi connectivity index (χ1v) is 5.39. The zero-order valence-electron chi connectivity index (χ0n) is 8.57. The van der Waals surface area contributed by atoms with Crippen LogP contribution in [0, 0.1) is 0 Å². The number of β-amino-alcohol motifs (C(OH)–C–C–N with tert-alkyl or cyclic N) is 1. The van der Waals surface area contributed by atoms with Crippen LogP contribution in [0.4, 0.5) is 0 Å². The van der Waals surface area contributed by atoms with E-state index in [9.17, 15) is 9.90 Å². The van der Waals surface area contributed by atoms with Gasteiger partial charge in [-0.2, -0.15) is 5.10 Å². The summed E-state index contributed by atoms with van der Waals surface area (Å²) in [6.07, 6.45) is 1.53. The fourth-order valence-corrected chi connectivity index (χ4v) is 2.02. The molecule has 1 fully saturated rings. The number of carbonyl (C=O) groups is 1. The number of aromatic nitrogens is 2. The van der Waals surface area contributed by atoms with Gasteiger partial charge in [0, 0.05) is 7.05 Å². The van der Waals surface area contributed by atoms with E-state index in [0.29, 0.717) is 23.3 Å². The van der Waals surface area contributed by atoms with Gasteiger partial charge in [0.05, 0.1) is 30.5 Å². The molecule has 0 aromatic carbocycles. The predicted molar refractivity (Wildman–Crippen MR) is 57.4 cm³/mol. The van der Waals surface area contributed by atoms with E-state index in [1.54, 1.807) is 23.6 Å². The highest BCUT2D eigenvalue weighted by molar-refractivity contribution is 9.10. The van der Waals surface area contributed by atoms with E-state index in [1.165, 1.54) is 6.20 Å². The Hall–Kier alpha value is -0.880. The van der Waals surface area contributed by atoms with Gasteiger partial charge in [-0.25, -0.2) is 0 Å². The van der Waals surface area contributed by atoms with Gasteiger partial charge < -0.3 is 10.0 Å². The van der Waals surface area contributed by atoms with Crippen molar-refractivity contribution < 1.29 is 9.90 Å². The summed E-state index contributed by atoms with van der Waals surface area (Å²) in [6.45, 7) is 2.48. The van der Waals surface area contributed by atoms with Gasteiger partial charge in [-0.3, -0.25) is 9.48 Å². The lowest BCUT2D eigenvalue weighted by Gasteiger charge is -2.44. The second-order valence-electron chi connectivity index (χ2n) is 4.13. The van der Waals surface area contributed by atoms with Crippen LogP contribution in [-0.4, -0.2) is 44.4 Å². The minimum atomic E-state index is -0.732. The van der Waals surface area contributed by atoms with Crippen molar-refractivity contribution in [1.82, 2.24) is 14.7 Å². The van der Waals surface area contributed by atoms with Gasteiger partial charge in [0.15, 0.2) is 0 Å². The standard InChI is InChI=1S/C9H12BrN3O2/c1-9(15)4-13(5-9)8(14)6-3-11-12(2)7(6)10/h3,15H,4-5H2,1-2H3. The van der Waals surface area contributed by atoms with Gasteiger partial charge >= 0.3 is 0 Å². The Kier molecular flexibility index (Phi) is 2.35. The van der Waals surface area contributed by atoms with Crippen LogP contribution in [0.5, 0.6) is 0 Å². The number of aliphatic hydroxyl groups is 1. The Balaban J connectivity index is 2.13. The summed E-state index contributed by atoms with van der Waals surface area (Å²) < 4.78 is 2.25. The fourth-order valence-electron chi connectivity index (χ4n) is 1.66. The number of hydrogen-bond acceptors (Lipinski definition) is 3. The van der Waals surface area contributed by atoms with Gasteiger partial charge in [-0.15, -0.1) is 0 Å². The number of aryl methyl sites for hydroxylation is 1. The number of likely N-dealkylation sites (tertiary alicyclic amines) is 1. The summed E-state index contributed by atoms with van der Waals surface area (Å²) in [6, 6.07) is 0. The molecule has 0 aliphatic carbocycles. The first kappa shape index (κ1) is 10.6. The van der Waals surface area contributed by atoms with Crippen molar-refractivity contribution in [2.45, 2.75) is 12.5 Å². The first-order valence-electron chi connectivity index (χ1n) is 4.60. The lowest BCUT2D eigenvalue weighted by atomic mass is 9.96. The maximum absolute atomic E-state index is 11.9. The lowest BCUT2D eigenvalue weighted by molar-refractivity contribution is -0.0669. The fraction of sp³-hybridized carbons (Fsp3) is 0.556. The molecule has 0 unspecified atom stereocenters. The summed E-state index contributed by atoms with van der Waals surface area (Å²) in [5.74, 6) is -0.0958. The molecule has 1 aromatic heterocycles. The van der Waals surface area contributed by atoms with Gasteiger partial charge in [-0.05, 0) is 22.9 Å². The molecule has 6 heteroatoms. The molecule has 0 spiro atoms. The smallest absolute Gasteiger partial charge is 0.258 e. The van der Waals surface area contributed by atoms with Crippen molar-refractivity contribution >= 4 is 21.8 Å². The number of carbonyl (C=O) groups excluding carboxylic acids is 1. The van der Waals surface area contributed by atoms with Gasteiger partial charge in [0.2, 0.25) is 0 Å². The number of amides is 1. The summed E-state index contributed by atoms with van der Waals surface area (Å²) in [4.78, 5) is 13.5. The minimum Gasteiger partial charge on any atom is -0.386 e. The predicted octanol–water partition coefficient (Wildman–Crippen LogP) is 0.389. The average molecular weight is 274 g/mol. The Morgan fingerprint density at radius 1 is 1.67 bits per heavy atom. The molecule has 1 aromatic rings. The van der Waals surface area contributed by atoms with Crippen molar-refractivity contribution in [2.24, 2.45) is 7.05 Å². The zero-order chi connectivity index (χ0) is 11.2. The molecule has 1 N–H and O–H groups in total. The van der Waals surface area contributed by atoms with Gasteiger partial charge in [-0.1, -0.05) is 0 Å². The highest BCUT2D eigenvalue weighted by Crippen LogP contribution is 2.24. The molecule has 0 radical (unpaired) electrons. The molecule has 1 saturated heterocycles. The summed E-state index contributed by atoms with van der Waals surface area (Å²) in [5.41, 5.74) is -0.197. The summed E-state index contributed by atoms with van der Waals surface area (Å²) in [5, 5.41) is 13.5. The third-order valence-electron chi connectivity index (χ3n) is 2.45. The maximum atomic E-state index is 11.9. The average Bonchev–Trinajstić information content (AvgIpc) is 2.43. The second-order valence-corrected chi connectivity index (χ2v) is 4.88. The number of hydrogen-bond donors (Lipinski definition) is 1. The van der Waals surface area contributed by atoms with Crippen LogP contribution >= 0.6 is 15.9 Å². The lowest BCUT2D eigenvalue weighted by Crippen LogP contribution is -2.61. The van der Waals surface area contributed by atoms with Crippen LogP contribution in [-0.2, 0) is 7.05 Å². The second kappa shape index (κ2) is 3.31. The minimum absolute atomic E-state index is 0.0958. The van der Waals surface area contributed by atoms with Crippen molar-refractivity contribution in [3.8, 4) is 0 Å². The van der Waals surface area contributed by atoms with Crippen molar-refractivity contribution in [2.75, 3.05) is 13.1 Å². The Morgan fingerprint density at radius 3 is 2.67 bits per heavy atom. The van der Waals surface area contributed by atoms with E-state index >= 15 is 0 Å². The van der Waals surface area contributed by atoms with Crippen LogP contribution in [0.15, 0.2) is 10.8 Å². The van der Waals surface area contributed by atoms with Crippen LogP contribution < -0.4 is 0 Å². The van der Waals surface area contributed by atoms with E-state index in [4.69, 9.17) is 0 Å². The molecule has 1 amide bonds. The van der Waals surface area contributed by atoms with Crippen molar-refractivity contribution in [1.29, 1.82) is 0 Å². The van der Waals surface area contributed by atoms with Crippen LogP contribution in [0.3, 0.4) is 0 Å². The summed E-state index contributed by atoms with van der Waals surface area (Å²) >= 11 is 3.29. The molecule has 2 heterocycles. The quantitative estimate of drug-likeness (QED) is 0.806.